The fourth-order valence-corrected chi connectivity index (χ4v) is 8.29. The van der Waals surface area contributed by atoms with Gasteiger partial charge in [-0.05, 0) is 39.7 Å². The van der Waals surface area contributed by atoms with Crippen LogP contribution in [0.5, 0.6) is 0 Å². The highest BCUT2D eigenvalue weighted by atomic mass is 32.1. The van der Waals surface area contributed by atoms with E-state index >= 15 is 0 Å². The molecule has 0 amide bonds. The fraction of sp³-hybridized carbons (Fsp3) is 0. The zero-order valence-corrected chi connectivity index (χ0v) is 23.3. The monoisotopic (exact) mass is 550 g/mol. The van der Waals surface area contributed by atoms with Gasteiger partial charge in [0.2, 0.25) is 0 Å². The lowest BCUT2D eigenvalue weighted by molar-refractivity contribution is 1.20. The van der Waals surface area contributed by atoms with Gasteiger partial charge in [-0.1, -0.05) is 115 Å². The van der Waals surface area contributed by atoms with Gasteiger partial charge in [-0.2, -0.15) is 0 Å². The minimum Gasteiger partial charge on any atom is -0.309 e. The first-order chi connectivity index (χ1) is 20.8. The van der Waals surface area contributed by atoms with Crippen molar-refractivity contribution in [3.05, 3.63) is 133 Å². The van der Waals surface area contributed by atoms with Crippen LogP contribution in [0.15, 0.2) is 133 Å². The molecular formula is C39H22N2S. The van der Waals surface area contributed by atoms with Crippen LogP contribution in [0, 0.1) is 0 Å². The number of hydrogen-bond acceptors (Lipinski definition) is 2. The minimum absolute atomic E-state index is 1.08. The molecule has 1 aliphatic rings. The van der Waals surface area contributed by atoms with Gasteiger partial charge >= 0.3 is 0 Å². The van der Waals surface area contributed by atoms with Crippen molar-refractivity contribution in [1.82, 2.24) is 9.55 Å². The summed E-state index contributed by atoms with van der Waals surface area (Å²) in [6, 6.07) is 48.6. The molecule has 10 rings (SSSR count). The molecule has 0 saturated heterocycles. The largest absolute Gasteiger partial charge is 0.309 e. The Bertz CT molecular complexity index is 2450. The summed E-state index contributed by atoms with van der Waals surface area (Å²) in [4.78, 5) is 6.44. The van der Waals surface area contributed by atoms with E-state index in [1.807, 2.05) is 0 Å². The Morgan fingerprint density at radius 2 is 1.12 bits per heavy atom. The Morgan fingerprint density at radius 1 is 0.476 bits per heavy atom. The Morgan fingerprint density at radius 3 is 1.83 bits per heavy atom. The average Bonchev–Trinajstić information content (AvgIpc) is 3.73. The maximum absolute atomic E-state index is 5.17. The highest BCUT2D eigenvalue weighted by molar-refractivity contribution is 7.19. The Hall–Kier alpha value is -5.25. The second kappa shape index (κ2) is 8.16. The van der Waals surface area contributed by atoms with E-state index in [4.69, 9.17) is 4.98 Å². The summed E-state index contributed by atoms with van der Waals surface area (Å²) in [5, 5.41) is 11.4. The third kappa shape index (κ3) is 2.85. The summed E-state index contributed by atoms with van der Waals surface area (Å²) in [6.45, 7) is 0. The normalized spacial score (nSPS) is 12.3. The van der Waals surface area contributed by atoms with E-state index in [2.05, 4.69) is 138 Å². The third-order valence-electron chi connectivity index (χ3n) is 8.95. The van der Waals surface area contributed by atoms with Crippen LogP contribution in [0.25, 0.3) is 92.1 Å². The number of rotatable bonds is 2. The van der Waals surface area contributed by atoms with Gasteiger partial charge in [0.05, 0.1) is 27.3 Å². The van der Waals surface area contributed by atoms with Crippen molar-refractivity contribution in [3.8, 4) is 38.0 Å². The van der Waals surface area contributed by atoms with Gasteiger partial charge in [0.1, 0.15) is 5.01 Å². The number of aromatic nitrogens is 2. The smallest absolute Gasteiger partial charge is 0.124 e. The molecule has 0 spiro atoms. The topological polar surface area (TPSA) is 17.8 Å². The number of benzene rings is 7. The van der Waals surface area contributed by atoms with Crippen LogP contribution in [0.3, 0.4) is 0 Å². The fourth-order valence-electron chi connectivity index (χ4n) is 7.17. The highest BCUT2D eigenvalue weighted by Gasteiger charge is 2.28. The molecule has 9 aromatic rings. The molecule has 0 bridgehead atoms. The molecular weight excluding hydrogens is 529 g/mol. The van der Waals surface area contributed by atoms with Gasteiger partial charge in [0.15, 0.2) is 0 Å². The zero-order valence-electron chi connectivity index (χ0n) is 22.5. The second-order valence-electron chi connectivity index (χ2n) is 11.1. The lowest BCUT2D eigenvalue weighted by Crippen LogP contribution is -1.96. The molecule has 2 nitrogen and oxygen atoms in total. The summed E-state index contributed by atoms with van der Waals surface area (Å²) < 4.78 is 2.49. The van der Waals surface area contributed by atoms with Gasteiger partial charge in [0, 0.05) is 38.2 Å². The third-order valence-corrected chi connectivity index (χ3v) is 10.1. The van der Waals surface area contributed by atoms with Crippen molar-refractivity contribution in [3.63, 3.8) is 0 Å². The molecule has 0 unspecified atom stereocenters. The van der Waals surface area contributed by atoms with E-state index in [0.717, 1.165) is 10.7 Å². The van der Waals surface area contributed by atoms with Crippen LogP contribution >= 0.6 is 11.3 Å². The molecule has 3 heteroatoms. The first-order valence-electron chi connectivity index (χ1n) is 14.3. The summed E-state index contributed by atoms with van der Waals surface area (Å²) in [5.41, 5.74) is 8.48. The molecule has 2 aromatic heterocycles. The summed E-state index contributed by atoms with van der Waals surface area (Å²) in [6.07, 6.45) is 0. The standard InChI is InChI=1S/C39H22N2S/c1-2-11-25(12-3-1)39-40-37-29-16-8-15-28-31(22-19-30(34(28)29)38(37)42-39)41-32-20-17-23-9-4-6-13-26(23)35(32)36-27-14-7-5-10-24(27)18-21-33(36)41/h1-22H. The van der Waals surface area contributed by atoms with Gasteiger partial charge in [-0.25, -0.2) is 4.98 Å². The van der Waals surface area contributed by atoms with Crippen LogP contribution in [0.4, 0.5) is 0 Å². The molecule has 0 aliphatic heterocycles. The van der Waals surface area contributed by atoms with E-state index in [-0.39, 0.29) is 0 Å². The number of nitrogens with zero attached hydrogens (tertiary/aromatic N) is 2. The van der Waals surface area contributed by atoms with Crippen molar-refractivity contribution < 1.29 is 0 Å². The zero-order chi connectivity index (χ0) is 27.4. The number of hydrogen-bond donors (Lipinski definition) is 0. The second-order valence-corrected chi connectivity index (χ2v) is 12.1. The van der Waals surface area contributed by atoms with Crippen molar-refractivity contribution in [2.45, 2.75) is 0 Å². The lowest BCUT2D eigenvalue weighted by Gasteiger charge is -2.13. The quantitative estimate of drug-likeness (QED) is 0.209. The van der Waals surface area contributed by atoms with Crippen LogP contribution < -0.4 is 0 Å². The first-order valence-corrected chi connectivity index (χ1v) is 15.1. The van der Waals surface area contributed by atoms with Crippen molar-refractivity contribution in [1.29, 1.82) is 0 Å². The van der Waals surface area contributed by atoms with E-state index < -0.39 is 0 Å². The predicted molar refractivity (Wildman–Crippen MR) is 179 cm³/mol. The molecule has 0 atom stereocenters. The molecule has 1 aliphatic carbocycles. The summed E-state index contributed by atoms with van der Waals surface area (Å²) in [5.74, 6) is 0. The molecule has 0 radical (unpaired) electrons. The number of fused-ring (bicyclic) bond motifs is 10. The summed E-state index contributed by atoms with van der Waals surface area (Å²) >= 11 is 1.80. The van der Waals surface area contributed by atoms with Crippen molar-refractivity contribution in [2.24, 2.45) is 0 Å². The molecule has 2 heterocycles. The van der Waals surface area contributed by atoms with Crippen LogP contribution in [0.1, 0.15) is 0 Å². The van der Waals surface area contributed by atoms with E-state index in [1.165, 1.54) is 81.4 Å². The maximum Gasteiger partial charge on any atom is 0.124 e. The van der Waals surface area contributed by atoms with E-state index in [0.29, 0.717) is 0 Å². The van der Waals surface area contributed by atoms with Gasteiger partial charge < -0.3 is 4.57 Å². The lowest BCUT2D eigenvalue weighted by atomic mass is 10.00. The van der Waals surface area contributed by atoms with Gasteiger partial charge in [0.25, 0.3) is 0 Å². The molecule has 42 heavy (non-hydrogen) atoms. The predicted octanol–water partition coefficient (Wildman–Crippen LogP) is 11.0. The van der Waals surface area contributed by atoms with Crippen LogP contribution in [-0.4, -0.2) is 9.55 Å². The van der Waals surface area contributed by atoms with E-state index in [9.17, 15) is 0 Å². The maximum atomic E-state index is 5.17. The highest BCUT2D eigenvalue weighted by Crippen LogP contribution is 2.52. The Labute approximate surface area is 245 Å². The summed E-state index contributed by atoms with van der Waals surface area (Å²) in [7, 11) is 0. The molecule has 0 N–H and O–H groups in total. The SMILES string of the molecule is c1ccc(-c2nc3c(s2)-c2ccc(-n4c5ccc6ccccc6c5c5c6ccccc6ccc54)c4cccc-3c24)cc1. The van der Waals surface area contributed by atoms with Crippen LogP contribution in [-0.2, 0) is 0 Å². The molecule has 0 saturated carbocycles. The molecule has 7 aromatic carbocycles. The van der Waals surface area contributed by atoms with Crippen molar-refractivity contribution >= 4 is 65.5 Å². The van der Waals surface area contributed by atoms with Crippen LogP contribution in [0.2, 0.25) is 0 Å². The molecule has 0 fully saturated rings. The minimum atomic E-state index is 1.08. The Kier molecular flexibility index (Phi) is 4.36. The van der Waals surface area contributed by atoms with Crippen molar-refractivity contribution in [2.75, 3.05) is 0 Å². The molecule has 194 valence electrons. The first kappa shape index (κ1) is 22.4. The van der Waals surface area contributed by atoms with E-state index in [1.54, 1.807) is 11.3 Å². The van der Waals surface area contributed by atoms with Gasteiger partial charge in [-0.3, -0.25) is 0 Å². The average molecular weight is 551 g/mol. The number of thiazole rings is 1. The Balaban J connectivity index is 1.31. The van der Waals surface area contributed by atoms with Gasteiger partial charge in [-0.15, -0.1) is 11.3 Å².